The summed E-state index contributed by atoms with van der Waals surface area (Å²) in [5, 5.41) is 24.7. The molecule has 0 aromatic heterocycles. The van der Waals surface area contributed by atoms with Gasteiger partial charge in [0.15, 0.2) is 5.78 Å². The summed E-state index contributed by atoms with van der Waals surface area (Å²) in [4.78, 5) is 65.9. The zero-order chi connectivity index (χ0) is 34.5. The highest BCUT2D eigenvalue weighted by molar-refractivity contribution is 6.30. The van der Waals surface area contributed by atoms with E-state index in [0.29, 0.717) is 0 Å². The fourth-order valence-corrected chi connectivity index (χ4v) is 6.51. The van der Waals surface area contributed by atoms with Crippen LogP contribution in [0.2, 0.25) is 0 Å². The van der Waals surface area contributed by atoms with E-state index in [1.54, 1.807) is 12.2 Å². The lowest BCUT2D eigenvalue weighted by Gasteiger charge is -2.30. The first-order valence-electron chi connectivity index (χ1n) is 15.5. The van der Waals surface area contributed by atoms with Crippen LogP contribution in [0.25, 0.3) is 0 Å². The van der Waals surface area contributed by atoms with Gasteiger partial charge >= 0.3 is 11.8 Å². The van der Waals surface area contributed by atoms with Crippen LogP contribution in [0, 0.1) is 24.7 Å². The van der Waals surface area contributed by atoms with Crippen molar-refractivity contribution in [1.29, 1.82) is 0 Å². The number of rotatable bonds is 1. The van der Waals surface area contributed by atoms with E-state index in [2.05, 4.69) is 5.32 Å². The van der Waals surface area contributed by atoms with Gasteiger partial charge in [0.1, 0.15) is 23.7 Å². The molecule has 1 saturated heterocycles. The minimum absolute atomic E-state index is 0.0439. The molecule has 7 bridgehead atoms. The van der Waals surface area contributed by atoms with Gasteiger partial charge in [-0.05, 0) is 32.3 Å². The van der Waals surface area contributed by atoms with Gasteiger partial charge in [0.05, 0.1) is 40.9 Å². The Bertz CT molecular complexity index is 1680. The minimum atomic E-state index is -1.95. The Kier molecular flexibility index (Phi) is 9.04. The second-order valence-corrected chi connectivity index (χ2v) is 12.8. The fraction of sp³-hybridized carbons (Fsp3) is 0.457. The quantitative estimate of drug-likeness (QED) is 0.378. The maximum Gasteiger partial charge on any atom is 0.312 e. The Labute approximate surface area is 272 Å². The number of hydrogen-bond donors (Lipinski definition) is 3. The molecule has 0 saturated carbocycles. The molecule has 47 heavy (non-hydrogen) atoms. The number of ketones is 3. The molecule has 250 valence electrons. The van der Waals surface area contributed by atoms with Crippen LogP contribution in [-0.2, 0) is 23.8 Å². The van der Waals surface area contributed by atoms with E-state index in [1.807, 2.05) is 26.8 Å². The number of phenolic OH excluding ortho intramolecular Hbond substituents is 1. The first kappa shape index (κ1) is 33.8. The van der Waals surface area contributed by atoms with Crippen molar-refractivity contribution in [2.75, 3.05) is 0 Å². The molecule has 5 aliphatic rings. The maximum atomic E-state index is 13.8. The molecule has 3 N–H and O–H groups in total. The highest BCUT2D eigenvalue weighted by atomic mass is 16.7. The summed E-state index contributed by atoms with van der Waals surface area (Å²) in [7, 11) is 0. The van der Waals surface area contributed by atoms with Crippen molar-refractivity contribution in [1.82, 2.24) is 5.32 Å². The summed E-state index contributed by atoms with van der Waals surface area (Å²) in [6.07, 6.45) is 6.05. The molecule has 0 spiro atoms. The third-order valence-electron chi connectivity index (χ3n) is 9.27. The Morgan fingerprint density at radius 1 is 1.06 bits per heavy atom. The Morgan fingerprint density at radius 2 is 1.77 bits per heavy atom. The smallest absolute Gasteiger partial charge is 0.312 e. The number of esters is 1. The van der Waals surface area contributed by atoms with E-state index in [0.717, 1.165) is 6.08 Å². The summed E-state index contributed by atoms with van der Waals surface area (Å²) in [5.41, 5.74) is -1.06. The lowest BCUT2D eigenvalue weighted by atomic mass is 9.84. The second kappa shape index (κ2) is 12.6. The molecule has 1 aliphatic carbocycles. The van der Waals surface area contributed by atoms with Crippen LogP contribution in [-0.4, -0.2) is 69.6 Å². The molecule has 4 heterocycles. The lowest BCUT2D eigenvalue weighted by molar-refractivity contribution is -0.163. The van der Waals surface area contributed by atoms with Gasteiger partial charge in [-0.25, -0.2) is 0 Å². The molecular formula is C35H39NO11. The van der Waals surface area contributed by atoms with Crippen molar-refractivity contribution in [3.63, 3.8) is 0 Å². The summed E-state index contributed by atoms with van der Waals surface area (Å²) in [6, 6.07) is 0. The molecular weight excluding hydrogens is 610 g/mol. The van der Waals surface area contributed by atoms with Crippen LogP contribution in [0.3, 0.4) is 0 Å². The second-order valence-electron chi connectivity index (χ2n) is 12.8. The number of nitrogens with one attached hydrogen (secondary N) is 1. The Morgan fingerprint density at radius 3 is 2.45 bits per heavy atom. The van der Waals surface area contributed by atoms with E-state index < -0.39 is 70.7 Å². The number of aliphatic hydroxyl groups is 1. The molecule has 0 radical (unpaired) electrons. The molecule has 1 aromatic carbocycles. The van der Waals surface area contributed by atoms with Crippen molar-refractivity contribution >= 4 is 29.2 Å². The first-order valence-corrected chi connectivity index (χ1v) is 15.5. The molecule has 1 amide bonds. The Balaban J connectivity index is 1.57. The average molecular weight is 650 g/mol. The number of carbonyl (C=O) groups is 5. The molecule has 6 rings (SSSR count). The number of hydrogen-bond acceptors (Lipinski definition) is 11. The number of allylic oxidation sites excluding steroid dienone is 5. The van der Waals surface area contributed by atoms with Gasteiger partial charge in [-0.2, -0.15) is 0 Å². The normalized spacial score (nSPS) is 34.9. The van der Waals surface area contributed by atoms with Crippen molar-refractivity contribution in [2.24, 2.45) is 17.8 Å². The zero-order valence-corrected chi connectivity index (χ0v) is 27.3. The molecule has 8 atom stereocenters. The van der Waals surface area contributed by atoms with Gasteiger partial charge in [-0.3, -0.25) is 24.0 Å². The number of Topliss-reactive ketones (excluding diaryl/α,β-unsaturated/α-hetero) is 2. The first-order chi connectivity index (χ1) is 22.1. The van der Waals surface area contributed by atoms with Crippen LogP contribution >= 0.6 is 0 Å². The SMILES string of the molecule is CC(=O)O[C@H]1[C@@H]2O[C@H]([C@@H](C)[C@H]2O)[C@@H](C)/C=C/C=C(/C)C(=O)NC2=CC(=O)c3c(c(O)c(C)c4c3C(=O)[C@@](C)(O/C=C/C[C@H]1C)O4)C2=O. The van der Waals surface area contributed by atoms with E-state index >= 15 is 0 Å². The van der Waals surface area contributed by atoms with Crippen LogP contribution < -0.4 is 10.1 Å². The predicted molar refractivity (Wildman–Crippen MR) is 167 cm³/mol. The third-order valence-corrected chi connectivity index (χ3v) is 9.27. The Hall–Kier alpha value is -4.55. The molecule has 0 unspecified atom stereocenters. The van der Waals surface area contributed by atoms with Gasteiger partial charge in [-0.15, -0.1) is 0 Å². The summed E-state index contributed by atoms with van der Waals surface area (Å²) < 4.78 is 23.6. The molecule has 1 fully saturated rings. The van der Waals surface area contributed by atoms with E-state index in [4.69, 9.17) is 18.9 Å². The van der Waals surface area contributed by atoms with E-state index in [9.17, 15) is 34.2 Å². The highest BCUT2D eigenvalue weighted by Gasteiger charge is 2.52. The van der Waals surface area contributed by atoms with Crippen LogP contribution in [0.15, 0.2) is 47.9 Å². The minimum Gasteiger partial charge on any atom is -0.507 e. The highest BCUT2D eigenvalue weighted by Crippen LogP contribution is 2.48. The number of aliphatic hydroxyl groups excluding tert-OH is 1. The predicted octanol–water partition coefficient (Wildman–Crippen LogP) is 3.78. The summed E-state index contributed by atoms with van der Waals surface area (Å²) in [6.45, 7) is 11.2. The van der Waals surface area contributed by atoms with Gasteiger partial charge in [0, 0.05) is 42.9 Å². The molecule has 1 aromatic rings. The number of phenols is 1. The maximum absolute atomic E-state index is 13.8. The molecule has 12 nitrogen and oxygen atoms in total. The molecule has 4 aliphatic heterocycles. The van der Waals surface area contributed by atoms with Crippen molar-refractivity contribution in [3.05, 3.63) is 70.2 Å². The van der Waals surface area contributed by atoms with E-state index in [1.165, 1.54) is 40.0 Å². The fourth-order valence-electron chi connectivity index (χ4n) is 6.51. The van der Waals surface area contributed by atoms with Gasteiger partial charge in [0.2, 0.25) is 5.78 Å². The standard InChI is InChI=1S/C35H39NO11/c1-15-10-8-11-17(3)34(43)36-21-14-22(38)23-24(28(21)41)26(39)18(4)31-25(23)33(42)35(7,47-31)44-13-9-12-16(2)30(45-20(6)37)32-27(40)19(5)29(15)46-32/h8-11,13-16,19,27,29-30,32,39-40H,12H2,1-7H3,(H,36,43)/b10-8+,13-9+,17-11-/t15-,16+,19-,27+,29-,30+,32+,35-/m0/s1. The number of carbonyl (C=O) groups excluding carboxylic acids is 5. The molecule has 12 heteroatoms. The largest absolute Gasteiger partial charge is 0.507 e. The third kappa shape index (κ3) is 5.91. The van der Waals surface area contributed by atoms with Crippen molar-refractivity contribution < 1.29 is 53.1 Å². The van der Waals surface area contributed by atoms with Crippen molar-refractivity contribution in [2.45, 2.75) is 85.1 Å². The topological polar surface area (TPSA) is 175 Å². The average Bonchev–Trinajstić information content (AvgIpc) is 3.45. The number of amides is 1. The summed E-state index contributed by atoms with van der Waals surface area (Å²) >= 11 is 0. The van der Waals surface area contributed by atoms with Crippen LogP contribution in [0.1, 0.15) is 84.6 Å². The van der Waals surface area contributed by atoms with Gasteiger partial charge in [-0.1, -0.05) is 39.0 Å². The van der Waals surface area contributed by atoms with Gasteiger partial charge < -0.3 is 34.5 Å². The van der Waals surface area contributed by atoms with E-state index in [-0.39, 0.29) is 57.9 Å². The lowest BCUT2D eigenvalue weighted by Crippen LogP contribution is -2.43. The monoisotopic (exact) mass is 649 g/mol. The number of aromatic hydroxyl groups is 1. The van der Waals surface area contributed by atoms with Crippen LogP contribution in [0.5, 0.6) is 11.5 Å². The van der Waals surface area contributed by atoms with Gasteiger partial charge in [0.25, 0.3) is 11.7 Å². The van der Waals surface area contributed by atoms with Crippen LogP contribution in [0.4, 0.5) is 0 Å². The number of ether oxygens (including phenoxy) is 4. The zero-order valence-electron chi connectivity index (χ0n) is 27.3. The number of fused-ring (bicyclic) bond motifs is 9. The number of benzene rings is 1. The van der Waals surface area contributed by atoms with Crippen molar-refractivity contribution in [3.8, 4) is 11.5 Å². The summed E-state index contributed by atoms with van der Waals surface area (Å²) in [5.74, 6) is -7.06.